The van der Waals surface area contributed by atoms with Gasteiger partial charge in [0.2, 0.25) is 0 Å². The minimum atomic E-state index is -0.606. The van der Waals surface area contributed by atoms with Gasteiger partial charge in [-0.2, -0.15) is 0 Å². The Bertz CT molecular complexity index is 514. The molecular weight excluding hydrogens is 258 g/mol. The average molecular weight is 270 g/mol. The van der Waals surface area contributed by atoms with Crippen molar-refractivity contribution in [3.05, 3.63) is 33.1 Å². The van der Waals surface area contributed by atoms with Crippen LogP contribution in [0.2, 0.25) is 5.15 Å². The fourth-order valence-corrected chi connectivity index (χ4v) is 2.06. The molecule has 6 nitrogen and oxygen atoms in total. The summed E-state index contributed by atoms with van der Waals surface area (Å²) in [6, 6.07) is 1.15. The largest absolute Gasteiger partial charge is 0.347 e. The number of hydrogen-bond acceptors (Lipinski definition) is 4. The standard InChI is InChI=1S/C11H12ClN3O3/c1-11(3-2-4-11)14-10(16)8-5-7(15(17)18)6-13-9(8)12/h5-6H,2-4H2,1H3,(H,14,16). The molecule has 0 saturated heterocycles. The molecule has 1 amide bonds. The minimum absolute atomic E-state index is 0.0268. The molecule has 2 rings (SSSR count). The van der Waals surface area contributed by atoms with Gasteiger partial charge < -0.3 is 5.32 Å². The van der Waals surface area contributed by atoms with Gasteiger partial charge >= 0.3 is 0 Å². The number of amides is 1. The normalized spacial score (nSPS) is 16.8. The van der Waals surface area contributed by atoms with Crippen molar-refractivity contribution in [1.29, 1.82) is 0 Å². The van der Waals surface area contributed by atoms with E-state index in [2.05, 4.69) is 10.3 Å². The molecular formula is C11H12ClN3O3. The Morgan fingerprint density at radius 2 is 2.28 bits per heavy atom. The van der Waals surface area contributed by atoms with Crippen LogP contribution >= 0.6 is 11.6 Å². The molecule has 7 heteroatoms. The Morgan fingerprint density at radius 1 is 1.61 bits per heavy atom. The van der Waals surface area contributed by atoms with Crippen molar-refractivity contribution in [2.45, 2.75) is 31.7 Å². The van der Waals surface area contributed by atoms with Crippen LogP contribution in [0.5, 0.6) is 0 Å². The van der Waals surface area contributed by atoms with Crippen molar-refractivity contribution in [2.75, 3.05) is 0 Å². The lowest BCUT2D eigenvalue weighted by molar-refractivity contribution is -0.385. The zero-order valence-electron chi connectivity index (χ0n) is 9.77. The van der Waals surface area contributed by atoms with Crippen LogP contribution in [0.1, 0.15) is 36.5 Å². The number of pyridine rings is 1. The van der Waals surface area contributed by atoms with Gasteiger partial charge in [-0.05, 0) is 26.2 Å². The molecule has 0 unspecified atom stereocenters. The van der Waals surface area contributed by atoms with Crippen LogP contribution in [0, 0.1) is 10.1 Å². The average Bonchev–Trinajstić information content (AvgIpc) is 2.27. The van der Waals surface area contributed by atoms with Crippen molar-refractivity contribution in [3.8, 4) is 0 Å². The van der Waals surface area contributed by atoms with Gasteiger partial charge in [-0.25, -0.2) is 4.98 Å². The predicted octanol–water partition coefficient (Wildman–Crippen LogP) is 2.32. The number of hydrogen-bond donors (Lipinski definition) is 1. The molecule has 96 valence electrons. The summed E-state index contributed by atoms with van der Waals surface area (Å²) in [4.78, 5) is 25.7. The van der Waals surface area contributed by atoms with E-state index in [0.717, 1.165) is 31.5 Å². The molecule has 0 atom stereocenters. The SMILES string of the molecule is CC1(NC(=O)c2cc([N+](=O)[O-])cnc2Cl)CCC1. The zero-order chi connectivity index (χ0) is 13.3. The predicted molar refractivity (Wildman–Crippen MR) is 65.6 cm³/mol. The summed E-state index contributed by atoms with van der Waals surface area (Å²) in [5.41, 5.74) is -0.437. The summed E-state index contributed by atoms with van der Waals surface area (Å²) >= 11 is 5.79. The number of aromatic nitrogens is 1. The van der Waals surface area contributed by atoms with Gasteiger partial charge in [0.05, 0.1) is 10.5 Å². The second kappa shape index (κ2) is 4.53. The quantitative estimate of drug-likeness (QED) is 0.518. The van der Waals surface area contributed by atoms with Crippen LogP contribution in [-0.2, 0) is 0 Å². The third-order valence-electron chi connectivity index (χ3n) is 3.15. The maximum absolute atomic E-state index is 12.0. The summed E-state index contributed by atoms with van der Waals surface area (Å²) in [5, 5.41) is 13.4. The molecule has 1 N–H and O–H groups in total. The van der Waals surface area contributed by atoms with E-state index in [0.29, 0.717) is 0 Å². The Kier molecular flexibility index (Phi) is 3.21. The molecule has 0 aromatic carbocycles. The van der Waals surface area contributed by atoms with Gasteiger partial charge in [-0.15, -0.1) is 0 Å². The van der Waals surface area contributed by atoms with Gasteiger partial charge in [0, 0.05) is 11.6 Å². The fourth-order valence-electron chi connectivity index (χ4n) is 1.87. The lowest BCUT2D eigenvalue weighted by Gasteiger charge is -2.39. The Morgan fingerprint density at radius 3 is 2.78 bits per heavy atom. The number of nitro groups is 1. The number of halogens is 1. The highest BCUT2D eigenvalue weighted by molar-refractivity contribution is 6.32. The van der Waals surface area contributed by atoms with E-state index >= 15 is 0 Å². The maximum Gasteiger partial charge on any atom is 0.288 e. The van der Waals surface area contributed by atoms with Gasteiger partial charge in [0.25, 0.3) is 11.6 Å². The van der Waals surface area contributed by atoms with E-state index in [1.807, 2.05) is 6.92 Å². The Hall–Kier alpha value is -1.69. The molecule has 0 bridgehead atoms. The Balaban J connectivity index is 2.23. The molecule has 18 heavy (non-hydrogen) atoms. The first-order valence-corrected chi connectivity index (χ1v) is 5.91. The zero-order valence-corrected chi connectivity index (χ0v) is 10.5. The molecule has 1 fully saturated rings. The maximum atomic E-state index is 12.0. The molecule has 0 spiro atoms. The van der Waals surface area contributed by atoms with Gasteiger partial charge in [0.15, 0.2) is 0 Å². The smallest absolute Gasteiger partial charge is 0.288 e. The molecule has 1 aliphatic rings. The van der Waals surface area contributed by atoms with Crippen molar-refractivity contribution < 1.29 is 9.72 Å². The summed E-state index contributed by atoms with van der Waals surface area (Å²) in [7, 11) is 0. The molecule has 0 aliphatic heterocycles. The van der Waals surface area contributed by atoms with Crippen LogP contribution in [0.3, 0.4) is 0 Å². The van der Waals surface area contributed by atoms with E-state index in [1.165, 1.54) is 0 Å². The van der Waals surface area contributed by atoms with Crippen molar-refractivity contribution in [3.63, 3.8) is 0 Å². The second-order valence-electron chi connectivity index (χ2n) is 4.66. The lowest BCUT2D eigenvalue weighted by atomic mass is 9.78. The topological polar surface area (TPSA) is 85.1 Å². The Labute approximate surface area is 109 Å². The van der Waals surface area contributed by atoms with E-state index in [-0.39, 0.29) is 21.9 Å². The minimum Gasteiger partial charge on any atom is -0.347 e. The lowest BCUT2D eigenvalue weighted by Crippen LogP contribution is -2.51. The highest BCUT2D eigenvalue weighted by atomic mass is 35.5. The van der Waals surface area contributed by atoms with Crippen LogP contribution < -0.4 is 5.32 Å². The van der Waals surface area contributed by atoms with Gasteiger partial charge in [-0.3, -0.25) is 14.9 Å². The summed E-state index contributed by atoms with van der Waals surface area (Å²) in [5.74, 6) is -0.418. The van der Waals surface area contributed by atoms with Crippen LogP contribution in [0.4, 0.5) is 5.69 Å². The third-order valence-corrected chi connectivity index (χ3v) is 3.45. The molecule has 1 saturated carbocycles. The second-order valence-corrected chi connectivity index (χ2v) is 5.02. The first kappa shape index (κ1) is 12.8. The first-order valence-electron chi connectivity index (χ1n) is 5.54. The van der Waals surface area contributed by atoms with E-state index in [9.17, 15) is 14.9 Å². The van der Waals surface area contributed by atoms with Crippen LogP contribution in [0.15, 0.2) is 12.3 Å². The van der Waals surface area contributed by atoms with E-state index in [4.69, 9.17) is 11.6 Å². The number of nitrogens with one attached hydrogen (secondary N) is 1. The number of carbonyl (C=O) groups excluding carboxylic acids is 1. The summed E-state index contributed by atoms with van der Waals surface area (Å²) < 4.78 is 0. The highest BCUT2D eigenvalue weighted by Gasteiger charge is 2.34. The van der Waals surface area contributed by atoms with Gasteiger partial charge in [0.1, 0.15) is 11.3 Å². The number of nitrogens with zero attached hydrogens (tertiary/aromatic N) is 2. The molecule has 0 radical (unpaired) electrons. The number of rotatable bonds is 3. The molecule has 1 aromatic rings. The van der Waals surface area contributed by atoms with Gasteiger partial charge in [-0.1, -0.05) is 11.6 Å². The molecule has 1 heterocycles. The van der Waals surface area contributed by atoms with Crippen molar-refractivity contribution >= 4 is 23.2 Å². The monoisotopic (exact) mass is 269 g/mol. The van der Waals surface area contributed by atoms with Crippen molar-refractivity contribution in [2.24, 2.45) is 0 Å². The van der Waals surface area contributed by atoms with E-state index in [1.54, 1.807) is 0 Å². The van der Waals surface area contributed by atoms with Crippen LogP contribution in [0.25, 0.3) is 0 Å². The summed E-state index contributed by atoms with van der Waals surface area (Å²) in [6.07, 6.45) is 3.90. The number of carbonyl (C=O) groups is 1. The van der Waals surface area contributed by atoms with E-state index < -0.39 is 10.8 Å². The molecule has 1 aliphatic carbocycles. The highest BCUT2D eigenvalue weighted by Crippen LogP contribution is 2.31. The first-order chi connectivity index (χ1) is 8.41. The molecule has 1 aromatic heterocycles. The fraction of sp³-hybridized carbons (Fsp3) is 0.455. The third kappa shape index (κ3) is 2.43. The van der Waals surface area contributed by atoms with Crippen LogP contribution in [-0.4, -0.2) is 21.4 Å². The van der Waals surface area contributed by atoms with Crippen molar-refractivity contribution in [1.82, 2.24) is 10.3 Å². The summed E-state index contributed by atoms with van der Waals surface area (Å²) in [6.45, 7) is 1.94.